The van der Waals surface area contributed by atoms with Crippen molar-refractivity contribution in [3.05, 3.63) is 30.3 Å². The fraction of sp³-hybridized carbons (Fsp3) is 0.455. The summed E-state index contributed by atoms with van der Waals surface area (Å²) in [4.78, 5) is 0.470. The van der Waals surface area contributed by atoms with E-state index < -0.39 is 6.30 Å². The number of para-hydroxylation sites is 1. The number of rotatable bonds is 3. The van der Waals surface area contributed by atoms with Gasteiger partial charge in [-0.3, -0.25) is 4.90 Å². The summed E-state index contributed by atoms with van der Waals surface area (Å²) >= 11 is 0. The Bertz CT molecular complexity index is 292. The van der Waals surface area contributed by atoms with E-state index in [0.717, 1.165) is 0 Å². The first-order valence-electron chi connectivity index (χ1n) is 4.80. The lowest BCUT2D eigenvalue weighted by atomic mass is 10.2. The summed E-state index contributed by atoms with van der Waals surface area (Å²) in [5.74, 6) is -0.0353. The van der Waals surface area contributed by atoms with Gasteiger partial charge in [0.05, 0.1) is 0 Å². The lowest BCUT2D eigenvalue weighted by Gasteiger charge is -2.28. The molecule has 1 nitrogen and oxygen atoms in total. The van der Waals surface area contributed by atoms with Crippen LogP contribution in [0.3, 0.4) is 0 Å². The fourth-order valence-electron chi connectivity index (χ4n) is 1.33. The Hall–Kier alpha value is -1.19. The second kappa shape index (κ2) is 4.55. The minimum Gasteiger partial charge on any atom is -0.284 e. The molecule has 0 saturated heterocycles. The van der Waals surface area contributed by atoms with Gasteiger partial charge in [0.1, 0.15) is 0 Å². The van der Waals surface area contributed by atoms with Gasteiger partial charge in [0, 0.05) is 12.2 Å². The maximum absolute atomic E-state index is 12.7. The molecular formula is C11H14F3N. The van der Waals surface area contributed by atoms with Crippen LogP contribution >= 0.6 is 0 Å². The molecule has 1 aromatic carbocycles. The van der Waals surface area contributed by atoms with Crippen LogP contribution < -0.4 is 4.90 Å². The van der Waals surface area contributed by atoms with Crippen LogP contribution in [0.4, 0.5) is 18.9 Å². The minimum atomic E-state index is -4.31. The lowest BCUT2D eigenvalue weighted by molar-refractivity contribution is -0.130. The van der Waals surface area contributed by atoms with E-state index in [4.69, 9.17) is 0 Å². The third-order valence-electron chi connectivity index (χ3n) is 1.92. The van der Waals surface area contributed by atoms with Crippen molar-refractivity contribution in [2.75, 3.05) is 11.4 Å². The van der Waals surface area contributed by atoms with Crippen LogP contribution in [-0.2, 0) is 0 Å². The van der Waals surface area contributed by atoms with Crippen molar-refractivity contribution < 1.29 is 13.2 Å². The molecule has 0 aromatic heterocycles. The highest BCUT2D eigenvalue weighted by atomic mass is 19.4. The average Bonchev–Trinajstić information content (AvgIpc) is 2.14. The van der Waals surface area contributed by atoms with Crippen LogP contribution in [0, 0.1) is 5.92 Å². The predicted molar refractivity (Wildman–Crippen MR) is 54.7 cm³/mol. The normalized spacial score (nSPS) is 11.9. The van der Waals surface area contributed by atoms with E-state index in [1.54, 1.807) is 32.0 Å². The van der Waals surface area contributed by atoms with Gasteiger partial charge in [0.25, 0.3) is 0 Å². The smallest absolute Gasteiger partial charge is 0.284 e. The maximum Gasteiger partial charge on any atom is 0.484 e. The third-order valence-corrected chi connectivity index (χ3v) is 1.92. The van der Waals surface area contributed by atoms with Gasteiger partial charge in [-0.25, -0.2) is 0 Å². The van der Waals surface area contributed by atoms with Crippen LogP contribution in [0.2, 0.25) is 0 Å². The Balaban J connectivity index is 2.92. The molecule has 0 heterocycles. The van der Waals surface area contributed by atoms with E-state index >= 15 is 0 Å². The molecular weight excluding hydrogens is 203 g/mol. The standard InChI is InChI=1S/C11H14F3N/c1-9(2)8-15(11(12,13)14)10-6-4-3-5-7-10/h3-7,9H,8H2,1-2H3. The second-order valence-corrected chi connectivity index (χ2v) is 3.81. The summed E-state index contributed by atoms with van der Waals surface area (Å²) < 4.78 is 38.1. The van der Waals surface area contributed by atoms with Crippen molar-refractivity contribution in [1.82, 2.24) is 0 Å². The monoisotopic (exact) mass is 217 g/mol. The van der Waals surface area contributed by atoms with E-state index in [1.165, 1.54) is 12.1 Å². The summed E-state index contributed by atoms with van der Waals surface area (Å²) in [6.07, 6.45) is -4.31. The van der Waals surface area contributed by atoms with E-state index in [2.05, 4.69) is 0 Å². The zero-order valence-corrected chi connectivity index (χ0v) is 8.75. The summed E-state index contributed by atoms with van der Waals surface area (Å²) in [5.41, 5.74) is 0.193. The molecule has 0 N–H and O–H groups in total. The molecule has 0 saturated carbocycles. The average molecular weight is 217 g/mol. The zero-order chi connectivity index (χ0) is 11.5. The van der Waals surface area contributed by atoms with Crippen LogP contribution in [0.1, 0.15) is 13.8 Å². The summed E-state index contributed by atoms with van der Waals surface area (Å²) in [6.45, 7) is 3.51. The van der Waals surface area contributed by atoms with Crippen molar-refractivity contribution in [2.45, 2.75) is 20.1 Å². The lowest BCUT2D eigenvalue weighted by Crippen LogP contribution is -2.40. The van der Waals surface area contributed by atoms with Gasteiger partial charge in [0.15, 0.2) is 0 Å². The number of alkyl halides is 3. The van der Waals surface area contributed by atoms with Crippen molar-refractivity contribution >= 4 is 5.69 Å². The second-order valence-electron chi connectivity index (χ2n) is 3.81. The minimum absolute atomic E-state index is 0.0203. The molecule has 1 aromatic rings. The number of halogens is 3. The van der Waals surface area contributed by atoms with Crippen molar-refractivity contribution in [3.8, 4) is 0 Å². The van der Waals surface area contributed by atoms with Gasteiger partial charge in [-0.1, -0.05) is 32.0 Å². The summed E-state index contributed by atoms with van der Waals surface area (Å²) in [6, 6.07) is 7.85. The maximum atomic E-state index is 12.7. The molecule has 0 amide bonds. The first-order valence-corrected chi connectivity index (χ1v) is 4.80. The van der Waals surface area contributed by atoms with Crippen molar-refractivity contribution in [3.63, 3.8) is 0 Å². The van der Waals surface area contributed by atoms with E-state index in [0.29, 0.717) is 4.90 Å². The van der Waals surface area contributed by atoms with E-state index in [9.17, 15) is 13.2 Å². The number of benzene rings is 1. The van der Waals surface area contributed by atoms with Crippen LogP contribution in [-0.4, -0.2) is 12.8 Å². The molecule has 0 fully saturated rings. The summed E-state index contributed by atoms with van der Waals surface area (Å²) in [5, 5.41) is 0. The third kappa shape index (κ3) is 3.46. The topological polar surface area (TPSA) is 3.24 Å². The highest BCUT2D eigenvalue weighted by molar-refractivity contribution is 5.46. The van der Waals surface area contributed by atoms with E-state index in [-0.39, 0.29) is 18.2 Å². The number of hydrogen-bond donors (Lipinski definition) is 0. The Kier molecular flexibility index (Phi) is 3.61. The Morgan fingerprint density at radius 2 is 1.67 bits per heavy atom. The summed E-state index contributed by atoms with van der Waals surface area (Å²) in [7, 11) is 0. The fourth-order valence-corrected chi connectivity index (χ4v) is 1.33. The van der Waals surface area contributed by atoms with Gasteiger partial charge < -0.3 is 0 Å². The first kappa shape index (κ1) is 11.9. The Morgan fingerprint density at radius 1 is 1.13 bits per heavy atom. The molecule has 0 unspecified atom stereocenters. The van der Waals surface area contributed by atoms with E-state index in [1.807, 2.05) is 0 Å². The van der Waals surface area contributed by atoms with Crippen molar-refractivity contribution in [2.24, 2.45) is 5.92 Å². The molecule has 0 atom stereocenters. The molecule has 1 rings (SSSR count). The largest absolute Gasteiger partial charge is 0.484 e. The predicted octanol–water partition coefficient (Wildman–Crippen LogP) is 3.67. The Labute approximate surface area is 87.5 Å². The molecule has 0 bridgehead atoms. The zero-order valence-electron chi connectivity index (χ0n) is 8.75. The van der Waals surface area contributed by atoms with Crippen LogP contribution in [0.25, 0.3) is 0 Å². The Morgan fingerprint density at radius 3 is 2.07 bits per heavy atom. The van der Waals surface area contributed by atoms with Gasteiger partial charge in [-0.2, -0.15) is 13.2 Å². The van der Waals surface area contributed by atoms with Crippen LogP contribution in [0.15, 0.2) is 30.3 Å². The van der Waals surface area contributed by atoms with Gasteiger partial charge >= 0.3 is 6.30 Å². The highest BCUT2D eigenvalue weighted by Gasteiger charge is 2.37. The van der Waals surface area contributed by atoms with Gasteiger partial charge in [-0.05, 0) is 18.1 Å². The quantitative estimate of drug-likeness (QED) is 0.698. The highest BCUT2D eigenvalue weighted by Crippen LogP contribution is 2.28. The first-order chi connectivity index (χ1) is 6.91. The molecule has 0 aliphatic heterocycles. The molecule has 0 spiro atoms. The van der Waals surface area contributed by atoms with Crippen molar-refractivity contribution in [1.29, 1.82) is 0 Å². The molecule has 15 heavy (non-hydrogen) atoms. The van der Waals surface area contributed by atoms with Crippen LogP contribution in [0.5, 0.6) is 0 Å². The molecule has 0 radical (unpaired) electrons. The molecule has 84 valence electrons. The number of nitrogens with zero attached hydrogens (tertiary/aromatic N) is 1. The van der Waals surface area contributed by atoms with Gasteiger partial charge in [-0.15, -0.1) is 0 Å². The molecule has 4 heteroatoms. The number of hydrogen-bond acceptors (Lipinski definition) is 1. The van der Waals surface area contributed by atoms with Gasteiger partial charge in [0.2, 0.25) is 0 Å². The SMILES string of the molecule is CC(C)CN(c1ccccc1)C(F)(F)F. The molecule has 0 aliphatic rings. The molecule has 0 aliphatic carbocycles. The number of anilines is 1.